The third kappa shape index (κ3) is 4.37. The van der Waals surface area contributed by atoms with Crippen molar-refractivity contribution in [1.82, 2.24) is 15.1 Å². The normalized spacial score (nSPS) is 15.3. The number of piperidine rings is 1. The first-order valence-corrected chi connectivity index (χ1v) is 7.98. The van der Waals surface area contributed by atoms with Crippen LogP contribution in [0.2, 0.25) is 0 Å². The summed E-state index contributed by atoms with van der Waals surface area (Å²) in [6, 6.07) is 5.35. The SMILES string of the molecule is Cl.NCCCOC1CCN(C(=O)c2cc(-c3ccco3)[nH]n2)CC1. The minimum absolute atomic E-state index is 0. The van der Waals surface area contributed by atoms with E-state index in [2.05, 4.69) is 10.2 Å². The van der Waals surface area contributed by atoms with E-state index in [4.69, 9.17) is 14.9 Å². The van der Waals surface area contributed by atoms with Crippen molar-refractivity contribution in [2.75, 3.05) is 26.2 Å². The Morgan fingerprint density at radius 3 is 2.92 bits per heavy atom. The van der Waals surface area contributed by atoms with Gasteiger partial charge in [0, 0.05) is 25.8 Å². The molecule has 0 aliphatic carbocycles. The third-order valence-electron chi connectivity index (χ3n) is 4.01. The first kappa shape index (κ1) is 18.5. The van der Waals surface area contributed by atoms with Gasteiger partial charge in [0.05, 0.1) is 12.4 Å². The average Bonchev–Trinajstić information content (AvgIpc) is 3.26. The number of ether oxygens (including phenoxy) is 1. The third-order valence-corrected chi connectivity index (χ3v) is 4.01. The maximum Gasteiger partial charge on any atom is 0.274 e. The molecule has 3 heterocycles. The monoisotopic (exact) mass is 354 g/mol. The Kier molecular flexibility index (Phi) is 6.84. The second-order valence-electron chi connectivity index (χ2n) is 5.65. The van der Waals surface area contributed by atoms with Crippen molar-refractivity contribution in [3.8, 4) is 11.5 Å². The summed E-state index contributed by atoms with van der Waals surface area (Å²) in [5.41, 5.74) is 6.58. The largest absolute Gasteiger partial charge is 0.463 e. The van der Waals surface area contributed by atoms with Crippen molar-refractivity contribution in [3.63, 3.8) is 0 Å². The van der Waals surface area contributed by atoms with Crippen LogP contribution in [0, 0.1) is 0 Å². The number of halogens is 1. The molecule has 2 aromatic heterocycles. The van der Waals surface area contributed by atoms with Crippen molar-refractivity contribution in [3.05, 3.63) is 30.2 Å². The molecule has 0 unspecified atom stereocenters. The second-order valence-corrected chi connectivity index (χ2v) is 5.65. The number of aromatic amines is 1. The van der Waals surface area contributed by atoms with Crippen LogP contribution >= 0.6 is 12.4 Å². The van der Waals surface area contributed by atoms with Crippen LogP contribution in [0.15, 0.2) is 28.9 Å². The maximum atomic E-state index is 12.5. The van der Waals surface area contributed by atoms with E-state index < -0.39 is 0 Å². The lowest BCUT2D eigenvalue weighted by Crippen LogP contribution is -2.41. The lowest BCUT2D eigenvalue weighted by Gasteiger charge is -2.31. The van der Waals surface area contributed by atoms with E-state index in [0.717, 1.165) is 19.3 Å². The highest BCUT2D eigenvalue weighted by molar-refractivity contribution is 5.93. The standard InChI is InChI=1S/C16H22N4O3.ClH/c17-6-2-10-22-12-4-7-20(8-5-12)16(21)14-11-13(18-19-14)15-3-1-9-23-15;/h1,3,9,11-12H,2,4-8,10,17H2,(H,18,19);1H. The first-order chi connectivity index (χ1) is 11.3. The zero-order valence-corrected chi connectivity index (χ0v) is 14.3. The number of rotatable bonds is 6. The summed E-state index contributed by atoms with van der Waals surface area (Å²) in [5.74, 6) is 0.614. The molecule has 7 nitrogen and oxygen atoms in total. The fraction of sp³-hybridized carbons (Fsp3) is 0.500. The number of amides is 1. The van der Waals surface area contributed by atoms with Crippen LogP contribution in [0.25, 0.3) is 11.5 Å². The number of aromatic nitrogens is 2. The molecule has 0 aromatic carbocycles. The van der Waals surface area contributed by atoms with Gasteiger partial charge in [-0.2, -0.15) is 5.10 Å². The van der Waals surface area contributed by atoms with Crippen molar-refractivity contribution in [2.24, 2.45) is 5.73 Å². The molecule has 1 saturated heterocycles. The summed E-state index contributed by atoms with van der Waals surface area (Å²) in [5, 5.41) is 6.95. The number of H-pyrrole nitrogens is 1. The molecule has 0 radical (unpaired) electrons. The minimum Gasteiger partial charge on any atom is -0.463 e. The summed E-state index contributed by atoms with van der Waals surface area (Å²) in [4.78, 5) is 14.3. The van der Waals surface area contributed by atoms with Gasteiger partial charge >= 0.3 is 0 Å². The van der Waals surface area contributed by atoms with Crippen LogP contribution < -0.4 is 5.73 Å². The van der Waals surface area contributed by atoms with Crippen LogP contribution in [0.3, 0.4) is 0 Å². The lowest BCUT2D eigenvalue weighted by molar-refractivity contribution is 0.00829. The van der Waals surface area contributed by atoms with Gasteiger partial charge in [0.25, 0.3) is 5.91 Å². The zero-order chi connectivity index (χ0) is 16.1. The number of likely N-dealkylation sites (tertiary alicyclic amines) is 1. The predicted octanol–water partition coefficient (Wildman–Crippen LogP) is 2.06. The molecule has 0 atom stereocenters. The van der Waals surface area contributed by atoms with Gasteiger partial charge in [-0.3, -0.25) is 9.89 Å². The summed E-state index contributed by atoms with van der Waals surface area (Å²) >= 11 is 0. The van der Waals surface area contributed by atoms with E-state index >= 15 is 0 Å². The van der Waals surface area contributed by atoms with E-state index in [0.29, 0.717) is 43.4 Å². The lowest BCUT2D eigenvalue weighted by atomic mass is 10.1. The number of carbonyl (C=O) groups excluding carboxylic acids is 1. The summed E-state index contributed by atoms with van der Waals surface area (Å²) in [6.07, 6.45) is 4.40. The molecule has 132 valence electrons. The Morgan fingerprint density at radius 2 is 2.25 bits per heavy atom. The summed E-state index contributed by atoms with van der Waals surface area (Å²) in [6.45, 7) is 2.72. The summed E-state index contributed by atoms with van der Waals surface area (Å²) in [7, 11) is 0. The van der Waals surface area contributed by atoms with Gasteiger partial charge in [0.15, 0.2) is 11.5 Å². The van der Waals surface area contributed by atoms with Gasteiger partial charge in [0.1, 0.15) is 5.69 Å². The number of hydrogen-bond donors (Lipinski definition) is 2. The minimum atomic E-state index is -0.0561. The van der Waals surface area contributed by atoms with E-state index in [9.17, 15) is 4.79 Å². The Balaban J connectivity index is 0.00000208. The zero-order valence-electron chi connectivity index (χ0n) is 13.4. The molecule has 1 aliphatic rings. The topological polar surface area (TPSA) is 97.4 Å². The Morgan fingerprint density at radius 1 is 1.46 bits per heavy atom. The molecule has 3 N–H and O–H groups in total. The van der Waals surface area contributed by atoms with Crippen molar-refractivity contribution in [1.29, 1.82) is 0 Å². The van der Waals surface area contributed by atoms with Crippen molar-refractivity contribution >= 4 is 18.3 Å². The van der Waals surface area contributed by atoms with E-state index in [1.54, 1.807) is 18.4 Å². The highest BCUT2D eigenvalue weighted by Gasteiger charge is 2.25. The number of nitrogens with two attached hydrogens (primary N) is 1. The smallest absolute Gasteiger partial charge is 0.274 e. The molecule has 1 aliphatic heterocycles. The maximum absolute atomic E-state index is 12.5. The molecule has 1 fully saturated rings. The molecule has 0 bridgehead atoms. The number of furan rings is 1. The molecule has 3 rings (SSSR count). The van der Waals surface area contributed by atoms with E-state index in [-0.39, 0.29) is 24.4 Å². The first-order valence-electron chi connectivity index (χ1n) is 7.98. The van der Waals surface area contributed by atoms with Gasteiger partial charge in [-0.25, -0.2) is 0 Å². The second kappa shape index (κ2) is 8.86. The van der Waals surface area contributed by atoms with Crippen molar-refractivity contribution in [2.45, 2.75) is 25.4 Å². The van der Waals surface area contributed by atoms with E-state index in [1.807, 2.05) is 11.0 Å². The summed E-state index contributed by atoms with van der Waals surface area (Å²) < 4.78 is 11.1. The number of carbonyl (C=O) groups is 1. The molecule has 0 saturated carbocycles. The van der Waals surface area contributed by atoms with Crippen LogP contribution in [0.5, 0.6) is 0 Å². The fourth-order valence-electron chi connectivity index (χ4n) is 2.71. The van der Waals surface area contributed by atoms with Crippen LogP contribution in [0.1, 0.15) is 29.8 Å². The molecule has 2 aromatic rings. The van der Waals surface area contributed by atoms with Crippen LogP contribution in [-0.4, -0.2) is 53.3 Å². The molecular formula is C16H23ClN4O3. The van der Waals surface area contributed by atoms with Crippen LogP contribution in [0.4, 0.5) is 0 Å². The highest BCUT2D eigenvalue weighted by atomic mass is 35.5. The Hall–Kier alpha value is -1.83. The molecule has 8 heteroatoms. The number of nitrogens with one attached hydrogen (secondary N) is 1. The highest BCUT2D eigenvalue weighted by Crippen LogP contribution is 2.20. The van der Waals surface area contributed by atoms with Gasteiger partial charge in [0.2, 0.25) is 0 Å². The molecule has 24 heavy (non-hydrogen) atoms. The van der Waals surface area contributed by atoms with E-state index in [1.165, 1.54) is 0 Å². The van der Waals surface area contributed by atoms with Gasteiger partial charge in [-0.15, -0.1) is 12.4 Å². The van der Waals surface area contributed by atoms with Gasteiger partial charge in [-0.05, 0) is 37.9 Å². The van der Waals surface area contributed by atoms with Gasteiger partial charge < -0.3 is 19.8 Å². The number of hydrogen-bond acceptors (Lipinski definition) is 5. The van der Waals surface area contributed by atoms with Crippen LogP contribution in [-0.2, 0) is 4.74 Å². The van der Waals surface area contributed by atoms with Gasteiger partial charge in [-0.1, -0.05) is 0 Å². The average molecular weight is 355 g/mol. The fourth-order valence-corrected chi connectivity index (χ4v) is 2.71. The Labute approximate surface area is 146 Å². The quantitative estimate of drug-likeness (QED) is 0.774. The Bertz CT molecular complexity index is 621. The molecule has 1 amide bonds. The molecule has 0 spiro atoms. The molecular weight excluding hydrogens is 332 g/mol. The predicted molar refractivity (Wildman–Crippen MR) is 92.1 cm³/mol. The van der Waals surface area contributed by atoms with Crippen molar-refractivity contribution < 1.29 is 13.9 Å². The number of nitrogens with zero attached hydrogens (tertiary/aromatic N) is 2.